The number of aromatic nitrogens is 1. The van der Waals surface area contributed by atoms with E-state index < -0.39 is 14.8 Å². The summed E-state index contributed by atoms with van der Waals surface area (Å²) < 4.78 is 25.2. The van der Waals surface area contributed by atoms with Crippen LogP contribution in [0.4, 0.5) is 10.8 Å². The molecule has 0 aliphatic carbocycles. The van der Waals surface area contributed by atoms with Crippen molar-refractivity contribution < 1.29 is 18.1 Å². The SMILES string of the molecule is Cc1ccc(CC(=O)Nc2ncc(S(=O)(=O)c3ccc([N+](=O)[O-])cc3)s2)cc1. The third-order valence-electron chi connectivity index (χ3n) is 3.84. The number of hydrogen-bond acceptors (Lipinski definition) is 7. The minimum Gasteiger partial charge on any atom is -0.302 e. The molecular formula is C18H15N3O5S2. The zero-order valence-electron chi connectivity index (χ0n) is 14.7. The van der Waals surface area contributed by atoms with Crippen molar-refractivity contribution in [2.24, 2.45) is 0 Å². The number of anilines is 1. The molecule has 0 fully saturated rings. The van der Waals surface area contributed by atoms with Gasteiger partial charge in [0.15, 0.2) is 5.13 Å². The summed E-state index contributed by atoms with van der Waals surface area (Å²) in [6.07, 6.45) is 1.30. The normalized spacial score (nSPS) is 11.2. The number of hydrogen-bond donors (Lipinski definition) is 1. The topological polar surface area (TPSA) is 119 Å². The summed E-state index contributed by atoms with van der Waals surface area (Å²) in [5, 5.41) is 13.4. The van der Waals surface area contributed by atoms with Crippen LogP contribution in [0.2, 0.25) is 0 Å². The Morgan fingerprint density at radius 3 is 2.39 bits per heavy atom. The quantitative estimate of drug-likeness (QED) is 0.485. The van der Waals surface area contributed by atoms with Crippen molar-refractivity contribution >= 4 is 37.9 Å². The zero-order chi connectivity index (χ0) is 20.3. The molecule has 0 aliphatic heterocycles. The third kappa shape index (κ3) is 4.41. The monoisotopic (exact) mass is 417 g/mol. The number of thiazole rings is 1. The first-order chi connectivity index (χ1) is 13.3. The van der Waals surface area contributed by atoms with Gasteiger partial charge in [-0.25, -0.2) is 13.4 Å². The number of non-ortho nitro benzene ring substituents is 1. The van der Waals surface area contributed by atoms with E-state index in [-0.39, 0.29) is 32.3 Å². The van der Waals surface area contributed by atoms with E-state index in [1.54, 1.807) is 0 Å². The van der Waals surface area contributed by atoms with Crippen molar-refractivity contribution in [2.45, 2.75) is 22.4 Å². The average molecular weight is 417 g/mol. The number of aryl methyl sites for hydroxylation is 1. The summed E-state index contributed by atoms with van der Waals surface area (Å²) in [6, 6.07) is 12.1. The fourth-order valence-electron chi connectivity index (χ4n) is 2.36. The van der Waals surface area contributed by atoms with Crippen LogP contribution in [0, 0.1) is 17.0 Å². The highest BCUT2D eigenvalue weighted by atomic mass is 32.2. The molecule has 0 bridgehead atoms. The van der Waals surface area contributed by atoms with Gasteiger partial charge in [0, 0.05) is 12.1 Å². The second-order valence-corrected chi connectivity index (χ2v) is 9.16. The highest BCUT2D eigenvalue weighted by Crippen LogP contribution is 2.29. The Kier molecular flexibility index (Phi) is 5.52. The molecule has 1 aromatic heterocycles. The van der Waals surface area contributed by atoms with Gasteiger partial charge in [0.05, 0.1) is 22.4 Å². The van der Waals surface area contributed by atoms with Crippen molar-refractivity contribution in [3.05, 3.63) is 76.0 Å². The minimum atomic E-state index is -3.88. The summed E-state index contributed by atoms with van der Waals surface area (Å²) in [5.74, 6) is -0.308. The molecule has 0 radical (unpaired) electrons. The van der Waals surface area contributed by atoms with Gasteiger partial charge in [-0.05, 0) is 24.6 Å². The van der Waals surface area contributed by atoms with Crippen LogP contribution < -0.4 is 5.32 Å². The molecular weight excluding hydrogens is 402 g/mol. The Morgan fingerprint density at radius 1 is 1.14 bits per heavy atom. The van der Waals surface area contributed by atoms with Crippen molar-refractivity contribution in [2.75, 3.05) is 5.32 Å². The summed E-state index contributed by atoms with van der Waals surface area (Å²) >= 11 is 0.822. The zero-order valence-corrected chi connectivity index (χ0v) is 16.3. The van der Waals surface area contributed by atoms with Gasteiger partial charge in [0.2, 0.25) is 15.7 Å². The smallest absolute Gasteiger partial charge is 0.269 e. The van der Waals surface area contributed by atoms with E-state index in [1.165, 1.54) is 12.1 Å². The third-order valence-corrected chi connectivity index (χ3v) is 6.98. The van der Waals surface area contributed by atoms with Crippen molar-refractivity contribution in [1.29, 1.82) is 0 Å². The molecule has 0 unspecified atom stereocenters. The standard InChI is InChI=1S/C18H15N3O5S2/c1-12-2-4-13(5-3-12)10-16(22)20-18-19-11-17(27-18)28(25,26)15-8-6-14(7-9-15)21(23)24/h2-9,11H,10H2,1H3,(H,19,20,22). The van der Waals surface area contributed by atoms with E-state index in [9.17, 15) is 23.3 Å². The fourth-order valence-corrected chi connectivity index (χ4v) is 4.81. The second-order valence-electron chi connectivity index (χ2n) is 5.95. The van der Waals surface area contributed by atoms with E-state index in [0.29, 0.717) is 0 Å². The molecule has 28 heavy (non-hydrogen) atoms. The second kappa shape index (κ2) is 7.87. The summed E-state index contributed by atoms with van der Waals surface area (Å²) in [7, 11) is -3.88. The molecule has 0 saturated carbocycles. The van der Waals surface area contributed by atoms with Crippen LogP contribution in [0.5, 0.6) is 0 Å². The van der Waals surface area contributed by atoms with E-state index in [1.807, 2.05) is 31.2 Å². The maximum atomic E-state index is 12.6. The van der Waals surface area contributed by atoms with Gasteiger partial charge in [0.1, 0.15) is 4.21 Å². The lowest BCUT2D eigenvalue weighted by molar-refractivity contribution is -0.384. The lowest BCUT2D eigenvalue weighted by Crippen LogP contribution is -2.14. The Morgan fingerprint density at radius 2 is 1.79 bits per heavy atom. The maximum absolute atomic E-state index is 12.6. The number of carbonyl (C=O) groups is 1. The molecule has 0 atom stereocenters. The van der Waals surface area contributed by atoms with Crippen molar-refractivity contribution in [3.8, 4) is 0 Å². The number of amides is 1. The Balaban J connectivity index is 1.72. The van der Waals surface area contributed by atoms with Crippen LogP contribution in [-0.2, 0) is 21.1 Å². The predicted molar refractivity (Wildman–Crippen MR) is 104 cm³/mol. The van der Waals surface area contributed by atoms with Crippen molar-refractivity contribution in [3.63, 3.8) is 0 Å². The number of nitrogens with zero attached hydrogens (tertiary/aromatic N) is 2. The molecule has 2 aromatic carbocycles. The fraction of sp³-hybridized carbons (Fsp3) is 0.111. The molecule has 3 rings (SSSR count). The molecule has 1 amide bonds. The summed E-state index contributed by atoms with van der Waals surface area (Å²) in [4.78, 5) is 26.1. The van der Waals surface area contributed by atoms with E-state index in [0.717, 1.165) is 40.8 Å². The first-order valence-corrected chi connectivity index (χ1v) is 10.4. The number of nitro groups is 1. The number of benzene rings is 2. The first kappa shape index (κ1) is 19.6. The predicted octanol–water partition coefficient (Wildman–Crippen LogP) is 3.37. The van der Waals surface area contributed by atoms with Gasteiger partial charge in [-0.15, -0.1) is 0 Å². The molecule has 0 saturated heterocycles. The van der Waals surface area contributed by atoms with Gasteiger partial charge in [0.25, 0.3) is 5.69 Å². The van der Waals surface area contributed by atoms with Gasteiger partial charge >= 0.3 is 0 Å². The number of rotatable bonds is 6. The largest absolute Gasteiger partial charge is 0.302 e. The van der Waals surface area contributed by atoms with Crippen LogP contribution in [0.3, 0.4) is 0 Å². The first-order valence-electron chi connectivity index (χ1n) is 8.06. The van der Waals surface area contributed by atoms with E-state index in [4.69, 9.17) is 0 Å². The molecule has 10 heteroatoms. The van der Waals surface area contributed by atoms with E-state index in [2.05, 4.69) is 10.3 Å². The highest BCUT2D eigenvalue weighted by molar-refractivity contribution is 7.93. The molecule has 1 heterocycles. The van der Waals surface area contributed by atoms with Gasteiger partial charge in [-0.1, -0.05) is 41.2 Å². The van der Waals surface area contributed by atoms with Crippen molar-refractivity contribution in [1.82, 2.24) is 4.98 Å². The van der Waals surface area contributed by atoms with Crippen LogP contribution in [0.25, 0.3) is 0 Å². The molecule has 1 N–H and O–H groups in total. The molecule has 8 nitrogen and oxygen atoms in total. The number of sulfone groups is 1. The van der Waals surface area contributed by atoms with Crippen LogP contribution >= 0.6 is 11.3 Å². The van der Waals surface area contributed by atoms with E-state index >= 15 is 0 Å². The van der Waals surface area contributed by atoms with Gasteiger partial charge in [-0.3, -0.25) is 14.9 Å². The minimum absolute atomic E-state index is 0.0630. The Hall–Kier alpha value is -3.11. The molecule has 144 valence electrons. The lowest BCUT2D eigenvalue weighted by Gasteiger charge is -2.03. The van der Waals surface area contributed by atoms with Gasteiger partial charge in [-0.2, -0.15) is 0 Å². The number of nitrogens with one attached hydrogen (secondary N) is 1. The molecule has 0 aliphatic rings. The maximum Gasteiger partial charge on any atom is 0.269 e. The average Bonchev–Trinajstić information content (AvgIpc) is 3.13. The van der Waals surface area contributed by atoms with Crippen LogP contribution in [0.15, 0.2) is 63.8 Å². The highest BCUT2D eigenvalue weighted by Gasteiger charge is 2.22. The summed E-state index contributed by atoms with van der Waals surface area (Å²) in [5.41, 5.74) is 1.72. The molecule has 0 spiro atoms. The van der Waals surface area contributed by atoms with Gasteiger partial charge < -0.3 is 5.32 Å². The Labute approximate surface area is 164 Å². The number of nitro benzene ring substituents is 1. The van der Waals surface area contributed by atoms with Crippen LogP contribution in [0.1, 0.15) is 11.1 Å². The van der Waals surface area contributed by atoms with Crippen LogP contribution in [-0.4, -0.2) is 24.2 Å². The molecule has 3 aromatic rings. The summed E-state index contributed by atoms with van der Waals surface area (Å²) in [6.45, 7) is 1.95. The Bertz CT molecular complexity index is 1120. The number of carbonyl (C=O) groups excluding carboxylic acids is 1. The lowest BCUT2D eigenvalue weighted by atomic mass is 10.1.